The molecule has 0 aliphatic heterocycles. The van der Waals surface area contributed by atoms with Gasteiger partial charge in [-0.1, -0.05) is 23.7 Å². The number of halogens is 2. The lowest BCUT2D eigenvalue weighted by Gasteiger charge is -2.12. The van der Waals surface area contributed by atoms with E-state index in [0.717, 1.165) is 0 Å². The van der Waals surface area contributed by atoms with E-state index in [1.807, 2.05) is 13.0 Å². The third-order valence-corrected chi connectivity index (χ3v) is 4.26. The van der Waals surface area contributed by atoms with Crippen LogP contribution in [0.3, 0.4) is 0 Å². The maximum Gasteiger partial charge on any atom is 0.266 e. The van der Waals surface area contributed by atoms with E-state index in [9.17, 15) is 10.1 Å². The maximum atomic E-state index is 12.4. The molecular weight excluding hydrogens is 420 g/mol. The smallest absolute Gasteiger partial charge is 0.266 e. The van der Waals surface area contributed by atoms with Gasteiger partial charge in [-0.25, -0.2) is 0 Å². The number of nitriles is 1. The lowest BCUT2D eigenvalue weighted by molar-refractivity contribution is -0.112. The number of hydrogen-bond acceptors (Lipinski definition) is 4. The Morgan fingerprint density at radius 1 is 1.38 bits per heavy atom. The molecule has 0 bridgehead atoms. The molecule has 1 amide bonds. The standard InChI is InChI=1S/C19H16BrClN2O3/c1-3-26-18-14(20)9-12(10-17(18)25-2)8-13(11-22)19(24)23-16-7-5-4-6-15(16)21/h4-10H,3H2,1-2H3,(H,23,24)/b13-8+. The molecule has 0 unspecified atom stereocenters. The first kappa shape index (κ1) is 19.8. The first-order valence-electron chi connectivity index (χ1n) is 7.68. The Morgan fingerprint density at radius 3 is 2.73 bits per heavy atom. The fourth-order valence-electron chi connectivity index (χ4n) is 2.18. The molecule has 0 aromatic heterocycles. The topological polar surface area (TPSA) is 71.3 Å². The normalized spacial score (nSPS) is 10.8. The van der Waals surface area contributed by atoms with Crippen molar-refractivity contribution < 1.29 is 14.3 Å². The molecule has 134 valence electrons. The molecule has 26 heavy (non-hydrogen) atoms. The third-order valence-electron chi connectivity index (χ3n) is 3.34. The van der Waals surface area contributed by atoms with Crippen LogP contribution in [0.1, 0.15) is 12.5 Å². The SMILES string of the molecule is CCOc1c(Br)cc(/C=C(\C#N)C(=O)Nc2ccccc2Cl)cc1OC. The van der Waals surface area contributed by atoms with Crippen molar-refractivity contribution in [3.63, 3.8) is 0 Å². The highest BCUT2D eigenvalue weighted by Crippen LogP contribution is 2.37. The van der Waals surface area contributed by atoms with Crippen LogP contribution in [0, 0.1) is 11.3 Å². The van der Waals surface area contributed by atoms with Crippen molar-refractivity contribution in [1.82, 2.24) is 0 Å². The average molecular weight is 436 g/mol. The molecule has 1 N–H and O–H groups in total. The quantitative estimate of drug-likeness (QED) is 0.509. The Hall–Kier alpha value is -2.49. The second kappa shape index (κ2) is 9.27. The number of ether oxygens (including phenoxy) is 2. The van der Waals surface area contributed by atoms with Gasteiger partial charge in [-0.3, -0.25) is 4.79 Å². The fourth-order valence-corrected chi connectivity index (χ4v) is 2.93. The highest BCUT2D eigenvalue weighted by molar-refractivity contribution is 9.10. The van der Waals surface area contributed by atoms with Gasteiger partial charge in [0.05, 0.1) is 28.9 Å². The molecule has 0 atom stereocenters. The van der Waals surface area contributed by atoms with E-state index < -0.39 is 5.91 Å². The van der Waals surface area contributed by atoms with Crippen LogP contribution < -0.4 is 14.8 Å². The summed E-state index contributed by atoms with van der Waals surface area (Å²) < 4.78 is 11.5. The summed E-state index contributed by atoms with van der Waals surface area (Å²) in [5.41, 5.74) is 0.983. The number of benzene rings is 2. The van der Waals surface area contributed by atoms with E-state index in [4.69, 9.17) is 21.1 Å². The minimum atomic E-state index is -0.551. The molecule has 0 heterocycles. The molecule has 5 nitrogen and oxygen atoms in total. The van der Waals surface area contributed by atoms with Crippen LogP contribution in [-0.2, 0) is 4.79 Å². The third kappa shape index (κ3) is 4.78. The van der Waals surface area contributed by atoms with Gasteiger partial charge in [0.1, 0.15) is 11.6 Å². The zero-order valence-electron chi connectivity index (χ0n) is 14.2. The van der Waals surface area contributed by atoms with Crippen molar-refractivity contribution in [3.05, 3.63) is 57.0 Å². The first-order chi connectivity index (χ1) is 12.5. The Morgan fingerprint density at radius 2 is 2.12 bits per heavy atom. The number of nitrogens with zero attached hydrogens (tertiary/aromatic N) is 1. The van der Waals surface area contributed by atoms with Crippen LogP contribution in [0.4, 0.5) is 5.69 Å². The first-order valence-corrected chi connectivity index (χ1v) is 8.85. The van der Waals surface area contributed by atoms with E-state index in [1.165, 1.54) is 13.2 Å². The van der Waals surface area contributed by atoms with Gasteiger partial charge in [0, 0.05) is 0 Å². The number of para-hydroxylation sites is 1. The van der Waals surface area contributed by atoms with Gasteiger partial charge in [-0.2, -0.15) is 5.26 Å². The van der Waals surface area contributed by atoms with Crippen LogP contribution in [0.2, 0.25) is 5.02 Å². The summed E-state index contributed by atoms with van der Waals surface area (Å²) in [5.74, 6) is 0.507. The average Bonchev–Trinajstić information content (AvgIpc) is 2.63. The molecule has 0 radical (unpaired) electrons. The summed E-state index contributed by atoms with van der Waals surface area (Å²) in [6.45, 7) is 2.35. The van der Waals surface area contributed by atoms with Crippen LogP contribution in [-0.4, -0.2) is 19.6 Å². The van der Waals surface area contributed by atoms with Crippen LogP contribution in [0.15, 0.2) is 46.4 Å². The molecule has 2 aromatic carbocycles. The number of hydrogen-bond donors (Lipinski definition) is 1. The number of methoxy groups -OCH3 is 1. The summed E-state index contributed by atoms with van der Waals surface area (Å²) in [5, 5.41) is 12.4. The molecule has 0 aliphatic rings. The van der Waals surface area contributed by atoms with Crippen LogP contribution in [0.5, 0.6) is 11.5 Å². The van der Waals surface area contributed by atoms with Crippen molar-refractivity contribution in [2.45, 2.75) is 6.92 Å². The van der Waals surface area contributed by atoms with E-state index in [0.29, 0.717) is 38.9 Å². The number of carbonyl (C=O) groups is 1. The number of nitrogens with one attached hydrogen (secondary N) is 1. The Labute approximate surface area is 165 Å². The zero-order chi connectivity index (χ0) is 19.1. The molecule has 7 heteroatoms. The van der Waals surface area contributed by atoms with Crippen molar-refractivity contribution in [2.24, 2.45) is 0 Å². The predicted octanol–water partition coefficient (Wildman–Crippen LogP) is 5.06. The number of rotatable bonds is 6. The summed E-state index contributed by atoms with van der Waals surface area (Å²) in [7, 11) is 1.52. The van der Waals surface area contributed by atoms with Gasteiger partial charge in [0.2, 0.25) is 0 Å². The van der Waals surface area contributed by atoms with Crippen molar-refractivity contribution in [1.29, 1.82) is 5.26 Å². The van der Waals surface area contributed by atoms with Crippen molar-refractivity contribution >= 4 is 45.2 Å². The van der Waals surface area contributed by atoms with Gasteiger partial charge >= 0.3 is 0 Å². The Balaban J connectivity index is 2.34. The Kier molecular flexibility index (Phi) is 7.07. The number of anilines is 1. The largest absolute Gasteiger partial charge is 0.493 e. The molecule has 2 rings (SSSR count). The lowest BCUT2D eigenvalue weighted by atomic mass is 10.1. The maximum absolute atomic E-state index is 12.4. The number of amides is 1. The van der Waals surface area contributed by atoms with Crippen molar-refractivity contribution in [3.8, 4) is 17.6 Å². The van der Waals surface area contributed by atoms with Gasteiger partial charge in [0.15, 0.2) is 11.5 Å². The highest BCUT2D eigenvalue weighted by atomic mass is 79.9. The highest BCUT2D eigenvalue weighted by Gasteiger charge is 2.14. The zero-order valence-corrected chi connectivity index (χ0v) is 16.5. The second-order valence-electron chi connectivity index (χ2n) is 5.07. The van der Waals surface area contributed by atoms with E-state index in [2.05, 4.69) is 21.2 Å². The summed E-state index contributed by atoms with van der Waals surface area (Å²) >= 11 is 9.45. The fraction of sp³-hybridized carbons (Fsp3) is 0.158. The lowest BCUT2D eigenvalue weighted by Crippen LogP contribution is -2.13. The summed E-state index contributed by atoms with van der Waals surface area (Å²) in [4.78, 5) is 12.4. The molecule has 0 saturated carbocycles. The molecule has 0 saturated heterocycles. The van der Waals surface area contributed by atoms with Gasteiger partial charge in [-0.15, -0.1) is 0 Å². The van der Waals surface area contributed by atoms with Gasteiger partial charge in [0.25, 0.3) is 5.91 Å². The molecule has 0 spiro atoms. The van der Waals surface area contributed by atoms with Crippen molar-refractivity contribution in [2.75, 3.05) is 19.0 Å². The monoisotopic (exact) mass is 434 g/mol. The summed E-state index contributed by atoms with van der Waals surface area (Å²) in [6.07, 6.45) is 1.47. The van der Waals surface area contributed by atoms with Gasteiger partial charge in [-0.05, 0) is 58.8 Å². The van der Waals surface area contributed by atoms with E-state index in [1.54, 1.807) is 36.4 Å². The summed E-state index contributed by atoms with van der Waals surface area (Å²) in [6, 6.07) is 12.1. The molecule has 0 fully saturated rings. The van der Waals surface area contributed by atoms with E-state index >= 15 is 0 Å². The van der Waals surface area contributed by atoms with Crippen LogP contribution >= 0.6 is 27.5 Å². The predicted molar refractivity (Wildman–Crippen MR) is 106 cm³/mol. The minimum absolute atomic E-state index is 0.0666. The molecule has 2 aromatic rings. The van der Waals surface area contributed by atoms with E-state index in [-0.39, 0.29) is 5.57 Å². The Bertz CT molecular complexity index is 891. The minimum Gasteiger partial charge on any atom is -0.493 e. The second-order valence-corrected chi connectivity index (χ2v) is 6.33. The van der Waals surface area contributed by atoms with Gasteiger partial charge < -0.3 is 14.8 Å². The molecular formula is C19H16BrClN2O3. The number of carbonyl (C=O) groups excluding carboxylic acids is 1. The van der Waals surface area contributed by atoms with Crippen LogP contribution in [0.25, 0.3) is 6.08 Å². The molecule has 0 aliphatic carbocycles.